The van der Waals surface area contributed by atoms with Gasteiger partial charge in [0.2, 0.25) is 0 Å². The second-order valence-electron chi connectivity index (χ2n) is 5.94. The van der Waals surface area contributed by atoms with Crippen molar-refractivity contribution in [2.75, 3.05) is 20.3 Å². The van der Waals surface area contributed by atoms with E-state index < -0.39 is 8.07 Å². The van der Waals surface area contributed by atoms with Gasteiger partial charge in [0, 0.05) is 5.56 Å². The second-order valence-corrected chi connectivity index (χ2v) is 12.2. The van der Waals surface area contributed by atoms with E-state index in [0.29, 0.717) is 0 Å². The molecule has 0 spiro atoms. The van der Waals surface area contributed by atoms with E-state index in [9.17, 15) is 0 Å². The molecule has 0 aliphatic rings. The highest BCUT2D eigenvalue weighted by Crippen LogP contribution is 2.15. The maximum Gasteiger partial charge on any atom is 0.110 e. The Bertz CT molecular complexity index is 272. The van der Waals surface area contributed by atoms with Gasteiger partial charge in [-0.25, -0.2) is 0 Å². The van der Waals surface area contributed by atoms with Crippen LogP contribution >= 0.6 is 11.3 Å². The molecule has 0 aliphatic heterocycles. The number of hydrogen-bond donors (Lipinski definition) is 0. The zero-order chi connectivity index (χ0) is 10.8. The topological polar surface area (TPSA) is 0 Å². The van der Waals surface area contributed by atoms with Crippen molar-refractivity contribution in [3.8, 4) is 0 Å². The summed E-state index contributed by atoms with van der Waals surface area (Å²) in [5, 5.41) is 4.44. The molecule has 1 aromatic heterocycles. The fraction of sp³-hybridized carbons (Fsp3) is 0.636. The van der Waals surface area contributed by atoms with Gasteiger partial charge >= 0.3 is 0 Å². The molecule has 0 amide bonds. The Labute approximate surface area is 93.0 Å². The summed E-state index contributed by atoms with van der Waals surface area (Å²) in [7, 11) is 3.74. The lowest BCUT2D eigenvalue weighted by molar-refractivity contribution is -0.894. The van der Waals surface area contributed by atoms with Gasteiger partial charge < -0.3 is 4.48 Å². The van der Waals surface area contributed by atoms with Crippen molar-refractivity contribution in [2.24, 2.45) is 0 Å². The van der Waals surface area contributed by atoms with E-state index in [1.54, 1.807) is 11.3 Å². The lowest BCUT2D eigenvalue weighted by Gasteiger charge is -2.34. The predicted molar refractivity (Wildman–Crippen MR) is 68.3 cm³/mol. The number of rotatable bonds is 4. The normalized spacial score (nSPS) is 13.2. The van der Waals surface area contributed by atoms with Crippen molar-refractivity contribution in [3.05, 3.63) is 22.4 Å². The minimum absolute atomic E-state index is 0.950. The first-order valence-electron chi connectivity index (χ1n) is 5.12. The fourth-order valence-electron chi connectivity index (χ4n) is 2.22. The van der Waals surface area contributed by atoms with Crippen molar-refractivity contribution in [1.29, 1.82) is 0 Å². The third-order valence-electron chi connectivity index (χ3n) is 2.09. The number of thiophene rings is 1. The highest BCUT2D eigenvalue weighted by molar-refractivity contribution is 7.07. The van der Waals surface area contributed by atoms with Crippen molar-refractivity contribution >= 4 is 19.4 Å². The molecular formula is C11H22NSSi+. The number of quaternary nitrogens is 1. The van der Waals surface area contributed by atoms with E-state index in [2.05, 4.69) is 50.6 Å². The van der Waals surface area contributed by atoms with Gasteiger partial charge in [-0.15, -0.1) is 0 Å². The monoisotopic (exact) mass is 228 g/mol. The Morgan fingerprint density at radius 1 is 1.29 bits per heavy atom. The maximum atomic E-state index is 2.45. The largest absolute Gasteiger partial charge is 0.328 e. The third kappa shape index (κ3) is 4.40. The zero-order valence-corrected chi connectivity index (χ0v) is 11.8. The van der Waals surface area contributed by atoms with E-state index in [-0.39, 0.29) is 0 Å². The van der Waals surface area contributed by atoms with Crippen molar-refractivity contribution < 1.29 is 4.48 Å². The summed E-state index contributed by atoms with van der Waals surface area (Å²) in [6, 6.07) is 2.24. The SMILES string of the molecule is C[N+](C)(Cc1ccsc1)C[Si](C)(C)C. The molecular weight excluding hydrogens is 206 g/mol. The van der Waals surface area contributed by atoms with Crippen molar-refractivity contribution in [3.63, 3.8) is 0 Å². The summed E-state index contributed by atoms with van der Waals surface area (Å²) in [4.78, 5) is 0. The first-order valence-corrected chi connectivity index (χ1v) is 9.77. The molecule has 0 radical (unpaired) electrons. The Hall–Kier alpha value is -0.123. The van der Waals surface area contributed by atoms with Gasteiger partial charge in [-0.05, 0) is 16.8 Å². The van der Waals surface area contributed by atoms with Crippen LogP contribution in [0.25, 0.3) is 0 Å². The predicted octanol–water partition coefficient (Wildman–Crippen LogP) is 3.20. The summed E-state index contributed by atoms with van der Waals surface area (Å²) < 4.78 is 1.13. The first kappa shape index (κ1) is 11.9. The van der Waals surface area contributed by atoms with Crippen molar-refractivity contribution in [1.82, 2.24) is 0 Å². The van der Waals surface area contributed by atoms with E-state index in [1.807, 2.05) is 0 Å². The van der Waals surface area contributed by atoms with Crippen LogP contribution in [0.3, 0.4) is 0 Å². The standard InChI is InChI=1S/C11H22NSSi/c1-12(2,10-14(3,4)5)8-11-6-7-13-9-11/h6-7,9H,8,10H2,1-5H3/q+1. The van der Waals surface area contributed by atoms with Gasteiger partial charge in [0.25, 0.3) is 0 Å². The van der Waals surface area contributed by atoms with Gasteiger partial charge in [0.1, 0.15) is 14.6 Å². The van der Waals surface area contributed by atoms with Gasteiger partial charge in [0.05, 0.1) is 20.3 Å². The molecule has 1 heterocycles. The van der Waals surface area contributed by atoms with Crippen LogP contribution in [0.5, 0.6) is 0 Å². The molecule has 14 heavy (non-hydrogen) atoms. The smallest absolute Gasteiger partial charge is 0.110 e. The summed E-state index contributed by atoms with van der Waals surface area (Å²) in [5.74, 6) is 0. The average Bonchev–Trinajstić information content (AvgIpc) is 2.31. The summed E-state index contributed by atoms with van der Waals surface area (Å²) in [6.45, 7) is 8.51. The molecule has 1 nitrogen and oxygen atoms in total. The molecule has 0 saturated carbocycles. The summed E-state index contributed by atoms with van der Waals surface area (Å²) in [5.41, 5.74) is 1.48. The Balaban J connectivity index is 2.58. The number of hydrogen-bond acceptors (Lipinski definition) is 1. The Morgan fingerprint density at radius 2 is 1.93 bits per heavy atom. The molecule has 0 atom stereocenters. The Kier molecular flexibility index (Phi) is 3.56. The molecule has 0 aliphatic carbocycles. The molecule has 80 valence electrons. The molecule has 0 fully saturated rings. The molecule has 1 rings (SSSR count). The molecule has 0 saturated heterocycles. The van der Waals surface area contributed by atoms with Crippen LogP contribution in [0.15, 0.2) is 16.8 Å². The van der Waals surface area contributed by atoms with Crippen LogP contribution in [0, 0.1) is 0 Å². The minimum Gasteiger partial charge on any atom is -0.328 e. The molecule has 0 N–H and O–H groups in total. The van der Waals surface area contributed by atoms with Gasteiger partial charge in [-0.2, -0.15) is 11.3 Å². The first-order chi connectivity index (χ1) is 6.29. The molecule has 3 heteroatoms. The van der Waals surface area contributed by atoms with Gasteiger partial charge in [-0.1, -0.05) is 19.6 Å². The average molecular weight is 228 g/mol. The zero-order valence-electron chi connectivity index (χ0n) is 10.0. The van der Waals surface area contributed by atoms with E-state index in [1.165, 1.54) is 18.3 Å². The summed E-state index contributed by atoms with van der Waals surface area (Å²) >= 11 is 1.80. The highest BCUT2D eigenvalue weighted by Gasteiger charge is 2.26. The summed E-state index contributed by atoms with van der Waals surface area (Å²) in [6.07, 6.45) is 1.35. The van der Waals surface area contributed by atoms with Crippen LogP contribution in [-0.2, 0) is 6.54 Å². The minimum atomic E-state index is -0.950. The van der Waals surface area contributed by atoms with Gasteiger partial charge in [0.15, 0.2) is 0 Å². The fourth-order valence-corrected chi connectivity index (χ4v) is 5.56. The number of nitrogens with zero attached hydrogens (tertiary/aromatic N) is 1. The van der Waals surface area contributed by atoms with Crippen LogP contribution < -0.4 is 0 Å². The van der Waals surface area contributed by atoms with Gasteiger partial charge in [-0.3, -0.25) is 0 Å². The van der Waals surface area contributed by atoms with Crippen molar-refractivity contribution in [2.45, 2.75) is 26.2 Å². The van der Waals surface area contributed by atoms with Crippen LogP contribution in [-0.4, -0.2) is 32.8 Å². The van der Waals surface area contributed by atoms with E-state index in [4.69, 9.17) is 0 Å². The maximum absolute atomic E-state index is 2.45. The lowest BCUT2D eigenvalue weighted by Crippen LogP contribution is -2.49. The highest BCUT2D eigenvalue weighted by atomic mass is 32.1. The van der Waals surface area contributed by atoms with Crippen LogP contribution in [0.2, 0.25) is 19.6 Å². The molecule has 0 bridgehead atoms. The quantitative estimate of drug-likeness (QED) is 0.548. The molecule has 0 aromatic carbocycles. The van der Waals surface area contributed by atoms with E-state index >= 15 is 0 Å². The van der Waals surface area contributed by atoms with Crippen LogP contribution in [0.1, 0.15) is 5.56 Å². The van der Waals surface area contributed by atoms with E-state index in [0.717, 1.165) is 4.48 Å². The molecule has 1 aromatic rings. The lowest BCUT2D eigenvalue weighted by atomic mass is 10.3. The third-order valence-corrected chi connectivity index (χ3v) is 4.63. The molecule has 0 unspecified atom stereocenters. The second kappa shape index (κ2) is 4.17. The van der Waals surface area contributed by atoms with Crippen LogP contribution in [0.4, 0.5) is 0 Å². The Morgan fingerprint density at radius 3 is 2.36 bits per heavy atom.